The fourth-order valence-corrected chi connectivity index (χ4v) is 5.05. The van der Waals surface area contributed by atoms with Crippen LogP contribution in [0.1, 0.15) is 45.3 Å². The summed E-state index contributed by atoms with van der Waals surface area (Å²) in [4.78, 5) is 21.9. The second-order valence-corrected chi connectivity index (χ2v) is 8.87. The van der Waals surface area contributed by atoms with E-state index in [9.17, 15) is 9.18 Å². The van der Waals surface area contributed by atoms with Gasteiger partial charge in [-0.25, -0.2) is 9.37 Å². The summed E-state index contributed by atoms with van der Waals surface area (Å²) in [6.45, 7) is 8.13. The van der Waals surface area contributed by atoms with Gasteiger partial charge >= 0.3 is 0 Å². The van der Waals surface area contributed by atoms with Crippen LogP contribution in [0.3, 0.4) is 0 Å². The first-order valence-corrected chi connectivity index (χ1v) is 10.8. The average molecular weight is 421 g/mol. The number of benzene rings is 1. The van der Waals surface area contributed by atoms with Crippen LogP contribution in [-0.4, -0.2) is 53.4 Å². The minimum Gasteiger partial charge on any atom is -0.338 e. The molecule has 2 N–H and O–H groups in total. The minimum atomic E-state index is -0.247. The Balaban J connectivity index is 1.32. The van der Waals surface area contributed by atoms with Gasteiger partial charge in [0.15, 0.2) is 0 Å². The Morgan fingerprint density at radius 3 is 2.58 bits per heavy atom. The zero-order chi connectivity index (χ0) is 22.1. The van der Waals surface area contributed by atoms with E-state index in [1.807, 2.05) is 24.8 Å². The predicted molar refractivity (Wildman–Crippen MR) is 119 cm³/mol. The van der Waals surface area contributed by atoms with Gasteiger partial charge in [-0.2, -0.15) is 0 Å². The van der Waals surface area contributed by atoms with Crippen molar-refractivity contribution in [3.8, 4) is 12.3 Å². The van der Waals surface area contributed by atoms with Gasteiger partial charge in [-0.15, -0.1) is 6.42 Å². The number of likely N-dealkylation sites (tertiary alicyclic amines) is 2. The first kappa shape index (κ1) is 21.5. The second kappa shape index (κ2) is 8.78. The van der Waals surface area contributed by atoms with Crippen molar-refractivity contribution in [2.45, 2.75) is 26.3 Å². The van der Waals surface area contributed by atoms with E-state index < -0.39 is 0 Å². The number of fused-ring (bicyclic) bond motifs is 1. The van der Waals surface area contributed by atoms with E-state index in [2.05, 4.69) is 15.8 Å². The van der Waals surface area contributed by atoms with Crippen molar-refractivity contribution in [3.63, 3.8) is 0 Å². The average Bonchev–Trinajstić information content (AvgIpc) is 3.30. The molecule has 3 atom stereocenters. The number of rotatable bonds is 5. The highest BCUT2D eigenvalue weighted by atomic mass is 19.1. The molecule has 2 unspecified atom stereocenters. The van der Waals surface area contributed by atoms with Crippen LogP contribution in [0.25, 0.3) is 0 Å². The van der Waals surface area contributed by atoms with Gasteiger partial charge in [0, 0.05) is 32.2 Å². The SMILES string of the molecule is C#Cc1cc(C)c(C(=O)N2CC3CN(CC[C@H](N)c4cccc(F)c4)CC3C2)c(C)n1. The number of nitrogens with zero attached hydrogens (tertiary/aromatic N) is 3. The molecule has 3 heterocycles. The van der Waals surface area contributed by atoms with Crippen LogP contribution in [0.2, 0.25) is 0 Å². The number of aromatic nitrogens is 1. The van der Waals surface area contributed by atoms with Gasteiger partial charge in [0.25, 0.3) is 5.91 Å². The molecule has 0 bridgehead atoms. The summed E-state index contributed by atoms with van der Waals surface area (Å²) in [5.41, 5.74) is 9.93. The van der Waals surface area contributed by atoms with E-state index in [-0.39, 0.29) is 17.8 Å². The lowest BCUT2D eigenvalue weighted by atomic mass is 10.0. The summed E-state index contributed by atoms with van der Waals surface area (Å²) in [6.07, 6.45) is 6.25. The normalized spacial score (nSPS) is 21.7. The van der Waals surface area contributed by atoms with Crippen molar-refractivity contribution in [1.82, 2.24) is 14.8 Å². The number of carbonyl (C=O) groups excluding carboxylic acids is 1. The summed E-state index contributed by atoms with van der Waals surface area (Å²) in [6, 6.07) is 8.18. The topological polar surface area (TPSA) is 62.5 Å². The Morgan fingerprint density at radius 1 is 1.26 bits per heavy atom. The van der Waals surface area contributed by atoms with Gasteiger partial charge in [-0.1, -0.05) is 18.1 Å². The maximum atomic E-state index is 13.4. The highest BCUT2D eigenvalue weighted by Gasteiger charge is 2.42. The lowest BCUT2D eigenvalue weighted by Gasteiger charge is -2.24. The molecule has 5 nitrogen and oxygen atoms in total. The first-order valence-electron chi connectivity index (χ1n) is 10.8. The van der Waals surface area contributed by atoms with Crippen molar-refractivity contribution in [2.24, 2.45) is 17.6 Å². The van der Waals surface area contributed by atoms with Gasteiger partial charge in [-0.05, 0) is 68.0 Å². The van der Waals surface area contributed by atoms with Crippen LogP contribution in [0.4, 0.5) is 4.39 Å². The standard InChI is InChI=1S/C25H29FN4O/c1-4-22-10-16(2)24(17(3)28-22)25(31)30-14-19-12-29(13-20(19)15-30)9-8-23(27)18-6-5-7-21(26)11-18/h1,5-7,10-11,19-20,23H,8-9,12-15,27H2,2-3H3/t19?,20?,23-/m0/s1. The van der Waals surface area contributed by atoms with Crippen LogP contribution in [-0.2, 0) is 0 Å². The molecule has 2 aliphatic rings. The number of terminal acetylenes is 1. The minimum absolute atomic E-state index is 0.0557. The van der Waals surface area contributed by atoms with Gasteiger partial charge in [0.2, 0.25) is 0 Å². The number of pyridine rings is 1. The molecule has 2 saturated heterocycles. The molecule has 162 valence electrons. The van der Waals surface area contributed by atoms with Crippen molar-refractivity contribution >= 4 is 5.91 Å². The fourth-order valence-electron chi connectivity index (χ4n) is 5.05. The predicted octanol–water partition coefficient (Wildman–Crippen LogP) is 2.91. The molecule has 0 aliphatic carbocycles. The quantitative estimate of drug-likeness (QED) is 0.756. The van der Waals surface area contributed by atoms with E-state index in [0.717, 1.165) is 50.3 Å². The van der Waals surface area contributed by atoms with Gasteiger partial charge in [0.1, 0.15) is 11.5 Å². The molecule has 1 aromatic carbocycles. The Labute approximate surface area is 183 Å². The number of aryl methyl sites for hydroxylation is 2. The second-order valence-electron chi connectivity index (χ2n) is 8.87. The molecule has 2 fully saturated rings. The summed E-state index contributed by atoms with van der Waals surface area (Å²) in [5.74, 6) is 3.31. The number of carbonyl (C=O) groups is 1. The van der Waals surface area contributed by atoms with Crippen LogP contribution >= 0.6 is 0 Å². The first-order chi connectivity index (χ1) is 14.9. The Kier molecular flexibility index (Phi) is 6.08. The Hall–Kier alpha value is -2.75. The van der Waals surface area contributed by atoms with Gasteiger partial charge in [0.05, 0.1) is 11.3 Å². The number of amides is 1. The smallest absolute Gasteiger partial charge is 0.255 e. The molecule has 4 rings (SSSR count). The molecule has 31 heavy (non-hydrogen) atoms. The Bertz CT molecular complexity index is 993. The molecule has 0 radical (unpaired) electrons. The van der Waals surface area contributed by atoms with Gasteiger partial charge < -0.3 is 15.5 Å². The van der Waals surface area contributed by atoms with Crippen molar-refractivity contribution in [3.05, 3.63) is 64.2 Å². The number of nitrogens with two attached hydrogens (primary N) is 1. The van der Waals surface area contributed by atoms with E-state index in [1.165, 1.54) is 12.1 Å². The largest absolute Gasteiger partial charge is 0.338 e. The van der Waals surface area contributed by atoms with E-state index in [0.29, 0.717) is 28.8 Å². The third-order valence-corrected chi connectivity index (χ3v) is 6.64. The van der Waals surface area contributed by atoms with Crippen molar-refractivity contribution in [2.75, 3.05) is 32.7 Å². The molecule has 1 amide bonds. The molecule has 6 heteroatoms. The van der Waals surface area contributed by atoms with E-state index in [4.69, 9.17) is 12.2 Å². The summed E-state index contributed by atoms with van der Waals surface area (Å²) >= 11 is 0. The highest BCUT2D eigenvalue weighted by Crippen LogP contribution is 2.33. The summed E-state index contributed by atoms with van der Waals surface area (Å²) in [5, 5.41) is 0. The lowest BCUT2D eigenvalue weighted by Crippen LogP contribution is -2.35. The third kappa shape index (κ3) is 4.48. The molecule has 2 aromatic rings. The lowest BCUT2D eigenvalue weighted by molar-refractivity contribution is 0.0772. The van der Waals surface area contributed by atoms with Gasteiger partial charge in [-0.3, -0.25) is 4.79 Å². The third-order valence-electron chi connectivity index (χ3n) is 6.64. The van der Waals surface area contributed by atoms with Crippen LogP contribution < -0.4 is 5.73 Å². The van der Waals surface area contributed by atoms with E-state index in [1.54, 1.807) is 12.1 Å². The molecular formula is C25H29FN4O. The summed E-state index contributed by atoms with van der Waals surface area (Å²) < 4.78 is 13.4. The van der Waals surface area contributed by atoms with Crippen molar-refractivity contribution < 1.29 is 9.18 Å². The Morgan fingerprint density at radius 2 is 1.97 bits per heavy atom. The maximum absolute atomic E-state index is 13.4. The maximum Gasteiger partial charge on any atom is 0.255 e. The monoisotopic (exact) mass is 420 g/mol. The van der Waals surface area contributed by atoms with Crippen LogP contribution in [0, 0.1) is 43.8 Å². The zero-order valence-corrected chi connectivity index (χ0v) is 18.1. The molecule has 0 saturated carbocycles. The summed E-state index contributed by atoms with van der Waals surface area (Å²) in [7, 11) is 0. The fraction of sp³-hybridized carbons (Fsp3) is 0.440. The molecule has 2 aliphatic heterocycles. The number of halogens is 1. The van der Waals surface area contributed by atoms with Crippen molar-refractivity contribution in [1.29, 1.82) is 0 Å². The molecule has 1 aromatic heterocycles. The van der Waals surface area contributed by atoms with Crippen LogP contribution in [0.5, 0.6) is 0 Å². The molecule has 0 spiro atoms. The van der Waals surface area contributed by atoms with E-state index >= 15 is 0 Å². The van der Waals surface area contributed by atoms with Crippen LogP contribution in [0.15, 0.2) is 30.3 Å². The number of hydrogen-bond acceptors (Lipinski definition) is 4. The zero-order valence-electron chi connectivity index (χ0n) is 18.1. The number of hydrogen-bond donors (Lipinski definition) is 1. The highest BCUT2D eigenvalue weighted by molar-refractivity contribution is 5.97. The molecular weight excluding hydrogens is 391 g/mol.